The van der Waals surface area contributed by atoms with E-state index >= 15 is 0 Å². The zero-order valence-corrected chi connectivity index (χ0v) is 22.6. The van der Waals surface area contributed by atoms with E-state index in [1.54, 1.807) is 18.3 Å². The van der Waals surface area contributed by atoms with E-state index in [2.05, 4.69) is 74.2 Å². The largest absolute Gasteiger partial charge is 0.477 e. The number of oxazole rings is 1. The van der Waals surface area contributed by atoms with E-state index in [1.807, 2.05) is 0 Å². The molecular weight excluding hydrogens is 456 g/mol. The molecule has 0 fully saturated rings. The molecule has 6 nitrogen and oxygen atoms in total. The molecule has 1 unspecified atom stereocenters. The summed E-state index contributed by atoms with van der Waals surface area (Å²) in [6, 6.07) is 15.5. The van der Waals surface area contributed by atoms with Crippen molar-refractivity contribution >= 4 is 14.3 Å². The third kappa shape index (κ3) is 7.60. The summed E-state index contributed by atoms with van der Waals surface area (Å²) in [7, 11) is -2.06. The molecule has 7 heteroatoms. The van der Waals surface area contributed by atoms with Crippen LogP contribution in [0.2, 0.25) is 18.1 Å². The van der Waals surface area contributed by atoms with Crippen molar-refractivity contribution in [2.75, 3.05) is 0 Å². The van der Waals surface area contributed by atoms with E-state index < -0.39 is 14.3 Å². The third-order valence-corrected chi connectivity index (χ3v) is 11.3. The summed E-state index contributed by atoms with van der Waals surface area (Å²) in [4.78, 5) is 20.0. The van der Waals surface area contributed by atoms with Crippen molar-refractivity contribution in [3.05, 3.63) is 71.9 Å². The predicted octanol–water partition coefficient (Wildman–Crippen LogP) is 7.69. The highest BCUT2D eigenvalue weighted by molar-refractivity contribution is 6.74. The van der Waals surface area contributed by atoms with Gasteiger partial charge in [-0.25, -0.2) is 14.8 Å². The molecule has 1 aromatic carbocycles. The zero-order valence-electron chi connectivity index (χ0n) is 21.6. The Bertz CT molecular complexity index is 1090. The first-order chi connectivity index (χ1) is 16.6. The van der Waals surface area contributed by atoms with Gasteiger partial charge in [-0.15, -0.1) is 0 Å². The first kappa shape index (κ1) is 26.8. The average molecular weight is 495 g/mol. The number of hydrogen-bond donors (Lipinski definition) is 1. The lowest BCUT2D eigenvalue weighted by molar-refractivity contribution is 0.0690. The molecule has 3 rings (SSSR count). The summed E-state index contributed by atoms with van der Waals surface area (Å²) < 4.78 is 12.8. The Hall–Kier alpha value is -2.77. The second kappa shape index (κ2) is 11.8. The van der Waals surface area contributed by atoms with Crippen LogP contribution in [0.15, 0.2) is 59.1 Å². The molecule has 1 N–H and O–H groups in total. The van der Waals surface area contributed by atoms with E-state index in [4.69, 9.17) is 8.84 Å². The Kier molecular flexibility index (Phi) is 9.02. The van der Waals surface area contributed by atoms with Crippen molar-refractivity contribution in [3.63, 3.8) is 0 Å². The number of hydrogen-bond acceptors (Lipinski definition) is 5. The number of benzene rings is 1. The van der Waals surface area contributed by atoms with Gasteiger partial charge < -0.3 is 13.9 Å². The smallest absolute Gasteiger partial charge is 0.354 e. The summed E-state index contributed by atoms with van der Waals surface area (Å²) in [5.41, 5.74) is 1.82. The van der Waals surface area contributed by atoms with Gasteiger partial charge in [0.25, 0.3) is 0 Å². The SMILES string of the molecule is CC(C)(C)[Si](C)(C)OC(CCCCCCc1ccccc1)c1ncc(-c2cccc(C(=O)O)n2)o1. The van der Waals surface area contributed by atoms with E-state index in [0.29, 0.717) is 17.3 Å². The Morgan fingerprint density at radius 2 is 1.74 bits per heavy atom. The second-order valence-electron chi connectivity index (χ2n) is 10.6. The van der Waals surface area contributed by atoms with Crippen LogP contribution in [-0.4, -0.2) is 29.4 Å². The second-order valence-corrected chi connectivity index (χ2v) is 15.3. The lowest BCUT2D eigenvalue weighted by Gasteiger charge is -2.38. The quantitative estimate of drug-likeness (QED) is 0.205. The summed E-state index contributed by atoms with van der Waals surface area (Å²) in [6.45, 7) is 11.1. The maximum absolute atomic E-state index is 11.3. The molecule has 3 aromatic rings. The van der Waals surface area contributed by atoms with Crippen molar-refractivity contribution in [2.45, 2.75) is 83.5 Å². The Balaban J connectivity index is 1.67. The number of pyridine rings is 1. The van der Waals surface area contributed by atoms with Gasteiger partial charge in [0.2, 0.25) is 5.89 Å². The molecule has 0 bridgehead atoms. The lowest BCUT2D eigenvalue weighted by Crippen LogP contribution is -2.41. The van der Waals surface area contributed by atoms with Crippen molar-refractivity contribution in [2.24, 2.45) is 0 Å². The number of carboxylic acid groups (broad SMARTS) is 1. The maximum Gasteiger partial charge on any atom is 0.354 e. The summed E-state index contributed by atoms with van der Waals surface area (Å²) in [5, 5.41) is 9.32. The van der Waals surface area contributed by atoms with Crippen LogP contribution in [0.4, 0.5) is 0 Å². The Morgan fingerprint density at radius 3 is 2.43 bits per heavy atom. The monoisotopic (exact) mass is 494 g/mol. The van der Waals surface area contributed by atoms with Crippen LogP contribution in [0.25, 0.3) is 11.5 Å². The van der Waals surface area contributed by atoms with Crippen molar-refractivity contribution in [1.29, 1.82) is 0 Å². The zero-order chi connectivity index (χ0) is 25.5. The highest BCUT2D eigenvalue weighted by Gasteiger charge is 2.40. The molecule has 0 spiro atoms. The van der Waals surface area contributed by atoms with Gasteiger partial charge >= 0.3 is 5.97 Å². The molecule has 2 heterocycles. The minimum absolute atomic E-state index is 0.0231. The summed E-state index contributed by atoms with van der Waals surface area (Å²) in [6.07, 6.45) is 7.82. The summed E-state index contributed by atoms with van der Waals surface area (Å²) >= 11 is 0. The molecule has 0 radical (unpaired) electrons. The number of unbranched alkanes of at least 4 members (excludes halogenated alkanes) is 3. The van der Waals surface area contributed by atoms with Gasteiger partial charge in [-0.2, -0.15) is 0 Å². The number of aromatic carboxylic acids is 1. The normalized spacial score (nSPS) is 13.1. The van der Waals surface area contributed by atoms with Gasteiger partial charge in [-0.1, -0.05) is 76.4 Å². The number of nitrogens with zero attached hydrogens (tertiary/aromatic N) is 2. The third-order valence-electron chi connectivity index (χ3n) is 6.79. The van der Waals surface area contributed by atoms with Crippen LogP contribution in [0.1, 0.15) is 80.9 Å². The molecule has 0 saturated carbocycles. The molecule has 35 heavy (non-hydrogen) atoms. The minimum Gasteiger partial charge on any atom is -0.477 e. The lowest BCUT2D eigenvalue weighted by atomic mass is 10.0. The van der Waals surface area contributed by atoms with E-state index in [0.717, 1.165) is 25.7 Å². The van der Waals surface area contributed by atoms with Crippen LogP contribution in [0.5, 0.6) is 0 Å². The van der Waals surface area contributed by atoms with Crippen molar-refractivity contribution in [3.8, 4) is 11.5 Å². The van der Waals surface area contributed by atoms with Gasteiger partial charge in [0, 0.05) is 0 Å². The van der Waals surface area contributed by atoms with Crippen LogP contribution in [0.3, 0.4) is 0 Å². The van der Waals surface area contributed by atoms with Crippen LogP contribution in [-0.2, 0) is 10.8 Å². The van der Waals surface area contributed by atoms with Crippen molar-refractivity contribution < 1.29 is 18.7 Å². The first-order valence-corrected chi connectivity index (χ1v) is 15.4. The molecule has 0 saturated heterocycles. The molecule has 0 aliphatic heterocycles. The Morgan fingerprint density at radius 1 is 1.03 bits per heavy atom. The fourth-order valence-corrected chi connectivity index (χ4v) is 4.95. The van der Waals surface area contributed by atoms with E-state index in [1.165, 1.54) is 24.5 Å². The van der Waals surface area contributed by atoms with Gasteiger partial charge in [0.05, 0.1) is 6.20 Å². The van der Waals surface area contributed by atoms with Crippen LogP contribution >= 0.6 is 0 Å². The molecule has 0 aliphatic rings. The fraction of sp³-hybridized carbons (Fsp3) is 0.464. The molecular formula is C28H38N2O4Si. The van der Waals surface area contributed by atoms with Gasteiger partial charge in [-0.05, 0) is 55.1 Å². The predicted molar refractivity (Wildman–Crippen MR) is 141 cm³/mol. The number of rotatable bonds is 12. The highest BCUT2D eigenvalue weighted by atomic mass is 28.4. The molecule has 1 atom stereocenters. The van der Waals surface area contributed by atoms with Gasteiger partial charge in [0.15, 0.2) is 14.1 Å². The van der Waals surface area contributed by atoms with Gasteiger partial charge in [0.1, 0.15) is 17.5 Å². The molecule has 2 aromatic heterocycles. The molecule has 0 aliphatic carbocycles. The highest BCUT2D eigenvalue weighted by Crippen LogP contribution is 2.41. The standard InChI is InChI=1S/C28H38N2O4Si/c1-28(2,3)35(4,5)34-24(19-12-7-6-9-14-21-15-10-8-11-16-21)26-29-20-25(33-26)22-17-13-18-23(30-22)27(31)32/h8,10-11,13,15-18,20,24H,6-7,9,12,14,19H2,1-5H3,(H,31,32). The van der Waals surface area contributed by atoms with Crippen molar-refractivity contribution in [1.82, 2.24) is 9.97 Å². The number of aryl methyl sites for hydroxylation is 1. The number of carbonyl (C=O) groups is 1. The average Bonchev–Trinajstić information content (AvgIpc) is 3.31. The van der Waals surface area contributed by atoms with E-state index in [-0.39, 0.29) is 16.8 Å². The topological polar surface area (TPSA) is 85.5 Å². The fourth-order valence-electron chi connectivity index (χ4n) is 3.67. The Labute approximate surface area is 209 Å². The van der Waals surface area contributed by atoms with Gasteiger partial charge in [-0.3, -0.25) is 0 Å². The molecule has 188 valence electrons. The summed E-state index contributed by atoms with van der Waals surface area (Å²) in [5.74, 6) is -0.0792. The van der Waals surface area contributed by atoms with Crippen LogP contribution in [0, 0.1) is 0 Å². The first-order valence-electron chi connectivity index (χ1n) is 12.4. The maximum atomic E-state index is 11.3. The minimum atomic E-state index is -2.06. The number of aromatic nitrogens is 2. The van der Waals surface area contributed by atoms with E-state index in [9.17, 15) is 9.90 Å². The van der Waals surface area contributed by atoms with Crippen LogP contribution < -0.4 is 0 Å². The molecule has 0 amide bonds. The number of carboxylic acids is 1.